The van der Waals surface area contributed by atoms with Crippen LogP contribution in [0.2, 0.25) is 0 Å². The van der Waals surface area contributed by atoms with E-state index in [1.807, 2.05) is 0 Å². The third-order valence-corrected chi connectivity index (χ3v) is 8.02. The zero-order valence-corrected chi connectivity index (χ0v) is 23.8. The number of amides is 2. The third-order valence-electron chi connectivity index (χ3n) is 6.69. The van der Waals surface area contributed by atoms with Gasteiger partial charge in [0, 0.05) is 17.9 Å². The van der Waals surface area contributed by atoms with Crippen LogP contribution in [0.3, 0.4) is 0 Å². The van der Waals surface area contributed by atoms with Crippen molar-refractivity contribution in [2.75, 3.05) is 27.1 Å². The van der Waals surface area contributed by atoms with E-state index in [0.29, 0.717) is 5.56 Å². The number of carbonyl (C=O) groups excluding carboxylic acids is 2. The second-order valence-corrected chi connectivity index (χ2v) is 10.5. The summed E-state index contributed by atoms with van der Waals surface area (Å²) in [6.45, 7) is -0.249. The first-order valence-electron chi connectivity index (χ1n) is 12.6. The number of rotatable bonds is 8. The Bertz CT molecular complexity index is 1450. The van der Waals surface area contributed by atoms with Gasteiger partial charge in [0.2, 0.25) is 11.7 Å². The van der Waals surface area contributed by atoms with Crippen LogP contribution >= 0.6 is 11.8 Å². The highest BCUT2D eigenvalue weighted by Gasteiger charge is 2.43. The van der Waals surface area contributed by atoms with E-state index >= 15 is 0 Å². The predicted octanol–water partition coefficient (Wildman–Crippen LogP) is 6.32. The van der Waals surface area contributed by atoms with Crippen molar-refractivity contribution in [2.24, 2.45) is 0 Å². The standard InChI is InChI=1S/C29H26F6N2O5S/c1-40-22-12-18(13-23(41-2)24(22)42-3)26(39)37-21(15-43-27(37)17-7-9-19(10-8-17)28(30,31)32)25(38)36-14-16-5-4-6-20(11-16)29(33,34)35/h4-13,21,27H,14-15H2,1-3H3,(H,36,38). The second-order valence-electron chi connectivity index (χ2n) is 9.36. The maximum absolute atomic E-state index is 14.0. The van der Waals surface area contributed by atoms with Gasteiger partial charge in [-0.1, -0.05) is 24.3 Å². The van der Waals surface area contributed by atoms with Crippen molar-refractivity contribution in [2.45, 2.75) is 30.3 Å². The largest absolute Gasteiger partial charge is 0.493 e. The molecule has 1 N–H and O–H groups in total. The monoisotopic (exact) mass is 628 g/mol. The summed E-state index contributed by atoms with van der Waals surface area (Å²) >= 11 is 1.16. The van der Waals surface area contributed by atoms with Crippen LogP contribution in [-0.2, 0) is 23.7 Å². The molecule has 0 bridgehead atoms. The molecule has 230 valence electrons. The molecule has 0 aromatic heterocycles. The molecule has 2 unspecified atom stereocenters. The zero-order valence-electron chi connectivity index (χ0n) is 23.0. The molecule has 3 aromatic rings. The number of hydrogen-bond acceptors (Lipinski definition) is 6. The van der Waals surface area contributed by atoms with Crippen molar-refractivity contribution < 1.29 is 50.1 Å². The molecule has 14 heteroatoms. The van der Waals surface area contributed by atoms with E-state index in [2.05, 4.69) is 5.32 Å². The highest BCUT2D eigenvalue weighted by molar-refractivity contribution is 7.99. The molecule has 0 saturated carbocycles. The number of thioether (sulfide) groups is 1. The number of carbonyl (C=O) groups is 2. The SMILES string of the molecule is COc1cc(C(=O)N2C(C(=O)NCc3cccc(C(F)(F)F)c3)CSC2c2ccc(C(F)(F)F)cc2)cc(OC)c1OC. The molecule has 1 aliphatic rings. The number of hydrogen-bond donors (Lipinski definition) is 1. The molecule has 1 fully saturated rings. The summed E-state index contributed by atoms with van der Waals surface area (Å²) in [7, 11) is 4.09. The Balaban J connectivity index is 1.68. The second kappa shape index (κ2) is 12.7. The zero-order chi connectivity index (χ0) is 31.5. The topological polar surface area (TPSA) is 77.1 Å². The molecular weight excluding hydrogens is 602 g/mol. The van der Waals surface area contributed by atoms with Crippen LogP contribution < -0.4 is 19.5 Å². The van der Waals surface area contributed by atoms with Gasteiger partial charge in [0.15, 0.2) is 11.5 Å². The van der Waals surface area contributed by atoms with E-state index < -0.39 is 46.7 Å². The van der Waals surface area contributed by atoms with Gasteiger partial charge in [-0.3, -0.25) is 9.59 Å². The Hall–Kier alpha value is -4.07. The van der Waals surface area contributed by atoms with Crippen molar-refractivity contribution in [3.05, 3.63) is 88.5 Å². The first-order chi connectivity index (χ1) is 20.3. The minimum Gasteiger partial charge on any atom is -0.493 e. The molecule has 3 aromatic carbocycles. The van der Waals surface area contributed by atoms with E-state index in [9.17, 15) is 35.9 Å². The molecule has 1 heterocycles. The number of benzene rings is 3. The molecule has 1 saturated heterocycles. The van der Waals surface area contributed by atoms with Gasteiger partial charge in [0.1, 0.15) is 11.4 Å². The molecular formula is C29H26F6N2O5S. The van der Waals surface area contributed by atoms with E-state index in [1.54, 1.807) is 0 Å². The summed E-state index contributed by atoms with van der Waals surface area (Å²) in [6, 6.07) is 10.4. The molecule has 43 heavy (non-hydrogen) atoms. The lowest BCUT2D eigenvalue weighted by Gasteiger charge is -2.30. The van der Waals surface area contributed by atoms with Crippen molar-refractivity contribution in [1.82, 2.24) is 10.2 Å². The van der Waals surface area contributed by atoms with E-state index in [-0.39, 0.29) is 40.7 Å². The highest BCUT2D eigenvalue weighted by atomic mass is 32.2. The summed E-state index contributed by atoms with van der Waals surface area (Å²) in [5, 5.41) is 1.73. The third kappa shape index (κ3) is 6.95. The van der Waals surface area contributed by atoms with Gasteiger partial charge in [-0.15, -0.1) is 11.8 Å². The Morgan fingerprint density at radius 3 is 2.00 bits per heavy atom. The first kappa shape index (κ1) is 31.9. The molecule has 0 aliphatic carbocycles. The predicted molar refractivity (Wildman–Crippen MR) is 146 cm³/mol. The maximum Gasteiger partial charge on any atom is 0.416 e. The summed E-state index contributed by atoms with van der Waals surface area (Å²) in [4.78, 5) is 28.6. The fraction of sp³-hybridized carbons (Fsp3) is 0.310. The van der Waals surface area contributed by atoms with Crippen LogP contribution in [0.25, 0.3) is 0 Å². The minimum absolute atomic E-state index is 0.0459. The van der Waals surface area contributed by atoms with Gasteiger partial charge in [0.25, 0.3) is 5.91 Å². The van der Waals surface area contributed by atoms with E-state index in [1.165, 1.54) is 62.6 Å². The number of alkyl halides is 6. The summed E-state index contributed by atoms with van der Waals surface area (Å²) < 4.78 is 95.0. The Morgan fingerprint density at radius 2 is 1.47 bits per heavy atom. The fourth-order valence-electron chi connectivity index (χ4n) is 4.57. The lowest BCUT2D eigenvalue weighted by Crippen LogP contribution is -2.47. The van der Waals surface area contributed by atoms with E-state index in [4.69, 9.17) is 14.2 Å². The van der Waals surface area contributed by atoms with Crippen molar-refractivity contribution in [3.63, 3.8) is 0 Å². The molecule has 2 amide bonds. The molecule has 0 spiro atoms. The summed E-state index contributed by atoms with van der Waals surface area (Å²) in [6.07, 6.45) is -9.14. The summed E-state index contributed by atoms with van der Waals surface area (Å²) in [5.41, 5.74) is -1.18. The fourth-order valence-corrected chi connectivity index (χ4v) is 6.00. The van der Waals surface area contributed by atoms with Crippen molar-refractivity contribution >= 4 is 23.6 Å². The Morgan fingerprint density at radius 1 is 0.860 bits per heavy atom. The maximum atomic E-state index is 14.0. The average Bonchev–Trinajstić information content (AvgIpc) is 3.43. The van der Waals surface area contributed by atoms with Crippen LogP contribution in [-0.4, -0.2) is 49.8 Å². The highest BCUT2D eigenvalue weighted by Crippen LogP contribution is 2.45. The molecule has 2 atom stereocenters. The van der Waals surface area contributed by atoms with Gasteiger partial charge in [-0.2, -0.15) is 26.3 Å². The molecule has 7 nitrogen and oxygen atoms in total. The number of nitrogens with one attached hydrogen (secondary N) is 1. The van der Waals surface area contributed by atoms with Crippen LogP contribution in [0.4, 0.5) is 26.3 Å². The average molecular weight is 629 g/mol. The number of nitrogens with zero attached hydrogens (tertiary/aromatic N) is 1. The number of methoxy groups -OCH3 is 3. The normalized spacial score (nSPS) is 17.0. The quantitative estimate of drug-likeness (QED) is 0.294. The van der Waals surface area contributed by atoms with Crippen LogP contribution in [0, 0.1) is 0 Å². The van der Waals surface area contributed by atoms with Gasteiger partial charge >= 0.3 is 12.4 Å². The summed E-state index contributed by atoms with van der Waals surface area (Å²) in [5.74, 6) is -0.709. The van der Waals surface area contributed by atoms with Crippen LogP contribution in [0.5, 0.6) is 17.2 Å². The molecule has 0 radical (unpaired) electrons. The van der Waals surface area contributed by atoms with Crippen molar-refractivity contribution in [1.29, 1.82) is 0 Å². The Kier molecular flexibility index (Phi) is 9.38. The lowest BCUT2D eigenvalue weighted by atomic mass is 10.1. The van der Waals surface area contributed by atoms with Crippen LogP contribution in [0.15, 0.2) is 60.7 Å². The van der Waals surface area contributed by atoms with Gasteiger partial charge in [-0.25, -0.2) is 0 Å². The number of ether oxygens (including phenoxy) is 3. The van der Waals surface area contributed by atoms with Crippen LogP contribution in [0.1, 0.15) is 38.0 Å². The van der Waals surface area contributed by atoms with Gasteiger partial charge < -0.3 is 24.4 Å². The van der Waals surface area contributed by atoms with Crippen molar-refractivity contribution in [3.8, 4) is 17.2 Å². The lowest BCUT2D eigenvalue weighted by molar-refractivity contribution is -0.138. The van der Waals surface area contributed by atoms with E-state index in [0.717, 1.165) is 36.0 Å². The van der Waals surface area contributed by atoms with Gasteiger partial charge in [-0.05, 0) is 47.5 Å². The first-order valence-corrected chi connectivity index (χ1v) is 13.7. The van der Waals surface area contributed by atoms with Gasteiger partial charge in [0.05, 0.1) is 32.5 Å². The molecule has 4 rings (SSSR count). The molecule has 1 aliphatic heterocycles. The Labute approximate surface area is 247 Å². The smallest absolute Gasteiger partial charge is 0.416 e. The number of halogens is 6. The minimum atomic E-state index is -4.57.